The number of amides is 1. The van der Waals surface area contributed by atoms with E-state index < -0.39 is 0 Å². The van der Waals surface area contributed by atoms with Gasteiger partial charge in [0.25, 0.3) is 5.91 Å². The first kappa shape index (κ1) is 14.3. The van der Waals surface area contributed by atoms with Gasteiger partial charge in [-0.05, 0) is 50.5 Å². The Kier molecular flexibility index (Phi) is 3.82. The van der Waals surface area contributed by atoms with Crippen molar-refractivity contribution in [3.63, 3.8) is 0 Å². The minimum Gasteiger partial charge on any atom is -0.369 e. The summed E-state index contributed by atoms with van der Waals surface area (Å²) < 4.78 is 0. The van der Waals surface area contributed by atoms with Crippen molar-refractivity contribution in [2.75, 3.05) is 43.0 Å². The largest absolute Gasteiger partial charge is 0.369 e. The Morgan fingerprint density at radius 1 is 1.10 bits per heavy atom. The molecule has 6 heteroatoms. The van der Waals surface area contributed by atoms with Gasteiger partial charge in [-0.1, -0.05) is 0 Å². The third kappa shape index (κ3) is 2.73. The number of hydrogen-bond donors (Lipinski definition) is 1. The van der Waals surface area contributed by atoms with E-state index in [2.05, 4.69) is 34.3 Å². The van der Waals surface area contributed by atoms with Crippen LogP contribution in [0.2, 0.25) is 0 Å². The summed E-state index contributed by atoms with van der Waals surface area (Å²) in [5.74, 6) is 0.00680. The molecule has 0 spiro atoms. The molecular formula is C15H20N4OS. The highest BCUT2D eigenvalue weighted by atomic mass is 32.1. The second-order valence-corrected chi connectivity index (χ2v) is 6.04. The van der Waals surface area contributed by atoms with Crippen molar-refractivity contribution < 1.29 is 4.79 Å². The van der Waals surface area contributed by atoms with Crippen LogP contribution in [0.15, 0.2) is 24.3 Å². The molecule has 2 aliphatic heterocycles. The molecule has 2 fully saturated rings. The van der Waals surface area contributed by atoms with Gasteiger partial charge in [-0.3, -0.25) is 9.69 Å². The van der Waals surface area contributed by atoms with E-state index >= 15 is 0 Å². The van der Waals surface area contributed by atoms with Crippen LogP contribution in [0, 0.1) is 0 Å². The van der Waals surface area contributed by atoms with Crippen molar-refractivity contribution in [2.24, 2.45) is 0 Å². The molecule has 0 aromatic heterocycles. The Labute approximate surface area is 130 Å². The quantitative estimate of drug-likeness (QED) is 0.827. The van der Waals surface area contributed by atoms with E-state index in [1.54, 1.807) is 4.90 Å². The van der Waals surface area contributed by atoms with Gasteiger partial charge in [0.05, 0.1) is 5.69 Å². The van der Waals surface area contributed by atoms with Gasteiger partial charge in [0.2, 0.25) is 0 Å². The van der Waals surface area contributed by atoms with E-state index in [4.69, 9.17) is 12.2 Å². The molecule has 1 N–H and O–H groups in total. The first-order valence-corrected chi connectivity index (χ1v) is 7.65. The van der Waals surface area contributed by atoms with Gasteiger partial charge in [-0.2, -0.15) is 0 Å². The minimum atomic E-state index is -0.241. The Bertz CT molecular complexity index is 551. The van der Waals surface area contributed by atoms with Gasteiger partial charge >= 0.3 is 0 Å². The number of rotatable bonds is 2. The molecule has 0 aliphatic carbocycles. The van der Waals surface area contributed by atoms with Crippen molar-refractivity contribution in [2.45, 2.75) is 13.0 Å². The standard InChI is InChI=1S/C15H20N4OS/c1-11-14(20)19(15(21)16-11)13-5-3-12(4-6-13)18-9-7-17(2)8-10-18/h3-6,11H,7-10H2,1-2H3,(H,16,21)/t11-/m0/s1. The SMILES string of the molecule is C[C@@H]1NC(=S)N(c2ccc(N3CCN(C)CC3)cc2)C1=O. The van der Waals surface area contributed by atoms with Crippen LogP contribution in [-0.2, 0) is 4.79 Å². The lowest BCUT2D eigenvalue weighted by Crippen LogP contribution is -2.44. The Morgan fingerprint density at radius 2 is 1.67 bits per heavy atom. The molecule has 3 rings (SSSR count). The first-order chi connectivity index (χ1) is 10.1. The van der Waals surface area contributed by atoms with Gasteiger partial charge in [-0.15, -0.1) is 0 Å². The lowest BCUT2D eigenvalue weighted by Gasteiger charge is -2.34. The highest BCUT2D eigenvalue weighted by Gasteiger charge is 2.33. The van der Waals surface area contributed by atoms with Crippen molar-refractivity contribution in [3.8, 4) is 0 Å². The van der Waals surface area contributed by atoms with Gasteiger partial charge in [-0.25, -0.2) is 0 Å². The van der Waals surface area contributed by atoms with Crippen molar-refractivity contribution in [1.82, 2.24) is 10.2 Å². The van der Waals surface area contributed by atoms with Crippen LogP contribution in [0.1, 0.15) is 6.92 Å². The molecule has 21 heavy (non-hydrogen) atoms. The van der Waals surface area contributed by atoms with Crippen LogP contribution in [-0.4, -0.2) is 55.2 Å². The number of thiocarbonyl (C=S) groups is 1. The number of likely N-dealkylation sites (N-methyl/N-ethyl adjacent to an activating group) is 1. The number of nitrogens with zero attached hydrogens (tertiary/aromatic N) is 3. The number of carbonyl (C=O) groups is 1. The van der Waals surface area contributed by atoms with Gasteiger partial charge in [0.1, 0.15) is 6.04 Å². The van der Waals surface area contributed by atoms with Crippen molar-refractivity contribution in [1.29, 1.82) is 0 Å². The molecule has 0 unspecified atom stereocenters. The van der Waals surface area contributed by atoms with Crippen LogP contribution in [0.5, 0.6) is 0 Å². The zero-order valence-electron chi connectivity index (χ0n) is 12.4. The minimum absolute atomic E-state index is 0.00680. The molecule has 0 bridgehead atoms. The second kappa shape index (κ2) is 5.61. The summed E-state index contributed by atoms with van der Waals surface area (Å²) in [5.41, 5.74) is 2.03. The second-order valence-electron chi connectivity index (χ2n) is 5.65. The molecule has 5 nitrogen and oxygen atoms in total. The maximum absolute atomic E-state index is 12.1. The smallest absolute Gasteiger partial charge is 0.255 e. The Hall–Kier alpha value is -1.66. The molecular weight excluding hydrogens is 284 g/mol. The number of anilines is 2. The number of nitrogens with one attached hydrogen (secondary N) is 1. The fourth-order valence-electron chi connectivity index (χ4n) is 2.73. The number of benzene rings is 1. The summed E-state index contributed by atoms with van der Waals surface area (Å²) >= 11 is 5.23. The monoisotopic (exact) mass is 304 g/mol. The summed E-state index contributed by atoms with van der Waals surface area (Å²) in [4.78, 5) is 18.4. The third-order valence-corrected chi connectivity index (χ3v) is 4.41. The number of carbonyl (C=O) groups excluding carboxylic acids is 1. The van der Waals surface area contributed by atoms with E-state index in [1.165, 1.54) is 5.69 Å². The lowest BCUT2D eigenvalue weighted by atomic mass is 10.2. The Balaban J connectivity index is 1.75. The predicted molar refractivity (Wildman–Crippen MR) is 88.8 cm³/mol. The van der Waals surface area contributed by atoms with Crippen LogP contribution >= 0.6 is 12.2 Å². The van der Waals surface area contributed by atoms with Crippen LogP contribution in [0.25, 0.3) is 0 Å². The normalized spacial score (nSPS) is 23.6. The molecule has 1 atom stereocenters. The maximum Gasteiger partial charge on any atom is 0.255 e. The zero-order chi connectivity index (χ0) is 15.0. The number of piperazine rings is 1. The molecule has 1 amide bonds. The Morgan fingerprint density at radius 3 is 2.19 bits per heavy atom. The van der Waals surface area contributed by atoms with Crippen LogP contribution in [0.4, 0.5) is 11.4 Å². The first-order valence-electron chi connectivity index (χ1n) is 7.24. The summed E-state index contributed by atoms with van der Waals surface area (Å²) in [6.45, 7) is 6.06. The maximum atomic E-state index is 12.1. The lowest BCUT2D eigenvalue weighted by molar-refractivity contribution is -0.117. The van der Waals surface area contributed by atoms with E-state index in [0.29, 0.717) is 5.11 Å². The average molecular weight is 304 g/mol. The van der Waals surface area contributed by atoms with Crippen molar-refractivity contribution >= 4 is 34.6 Å². The van der Waals surface area contributed by atoms with Gasteiger partial charge in [0.15, 0.2) is 5.11 Å². The molecule has 0 saturated carbocycles. The third-order valence-electron chi connectivity index (χ3n) is 4.11. The van der Waals surface area contributed by atoms with E-state index in [9.17, 15) is 4.79 Å². The summed E-state index contributed by atoms with van der Waals surface area (Å²) in [6.07, 6.45) is 0. The fourth-order valence-corrected chi connectivity index (χ4v) is 3.10. The molecule has 2 aliphatic rings. The molecule has 0 radical (unpaired) electrons. The van der Waals surface area contributed by atoms with Crippen molar-refractivity contribution in [3.05, 3.63) is 24.3 Å². The van der Waals surface area contributed by atoms with Crippen LogP contribution < -0.4 is 15.1 Å². The summed E-state index contributed by atoms with van der Waals surface area (Å²) in [6, 6.07) is 7.84. The molecule has 2 saturated heterocycles. The zero-order valence-corrected chi connectivity index (χ0v) is 13.2. The van der Waals surface area contributed by atoms with Gasteiger partial charge < -0.3 is 15.1 Å². The average Bonchev–Trinajstić information content (AvgIpc) is 2.73. The molecule has 112 valence electrons. The topological polar surface area (TPSA) is 38.8 Å². The molecule has 1 aromatic rings. The number of hydrogen-bond acceptors (Lipinski definition) is 4. The summed E-state index contributed by atoms with van der Waals surface area (Å²) in [7, 11) is 2.15. The van der Waals surface area contributed by atoms with Gasteiger partial charge in [0, 0.05) is 31.9 Å². The van der Waals surface area contributed by atoms with E-state index in [0.717, 1.165) is 31.9 Å². The summed E-state index contributed by atoms with van der Waals surface area (Å²) in [5, 5.41) is 3.48. The highest BCUT2D eigenvalue weighted by Crippen LogP contribution is 2.24. The van der Waals surface area contributed by atoms with E-state index in [-0.39, 0.29) is 11.9 Å². The molecule has 2 heterocycles. The molecule has 1 aromatic carbocycles. The predicted octanol–water partition coefficient (Wildman–Crippen LogP) is 1.05. The van der Waals surface area contributed by atoms with Crippen LogP contribution in [0.3, 0.4) is 0 Å². The fraction of sp³-hybridized carbons (Fsp3) is 0.467. The van der Waals surface area contributed by atoms with E-state index in [1.807, 2.05) is 19.1 Å². The highest BCUT2D eigenvalue weighted by molar-refractivity contribution is 7.80.